The van der Waals surface area contributed by atoms with E-state index < -0.39 is 0 Å². The van der Waals surface area contributed by atoms with Gasteiger partial charge in [0.05, 0.1) is 30.8 Å². The molecular weight excluding hydrogens is 322 g/mol. The number of nitrogens with zero attached hydrogens (tertiary/aromatic N) is 5. The fraction of sp³-hybridized carbons (Fsp3) is 0.353. The zero-order valence-corrected chi connectivity index (χ0v) is 14.4. The first-order valence-corrected chi connectivity index (χ1v) is 8.88. The maximum atomic E-state index is 5.48. The van der Waals surface area contributed by atoms with Gasteiger partial charge in [-0.1, -0.05) is 12.1 Å². The third-order valence-electron chi connectivity index (χ3n) is 4.06. The number of morpholine rings is 1. The van der Waals surface area contributed by atoms with Gasteiger partial charge in [0, 0.05) is 31.7 Å². The van der Waals surface area contributed by atoms with Crippen LogP contribution < -0.4 is 9.80 Å². The van der Waals surface area contributed by atoms with Gasteiger partial charge in [0.15, 0.2) is 11.6 Å². The Bertz CT molecular complexity index is 817. The van der Waals surface area contributed by atoms with Crippen LogP contribution in [0.15, 0.2) is 35.8 Å². The summed E-state index contributed by atoms with van der Waals surface area (Å²) in [5, 5.41) is 3.07. The molecule has 2 aromatic heterocycles. The molecule has 0 amide bonds. The molecule has 1 saturated heterocycles. The van der Waals surface area contributed by atoms with E-state index in [-0.39, 0.29) is 0 Å². The Labute approximate surface area is 144 Å². The van der Waals surface area contributed by atoms with Crippen LogP contribution in [0, 0.1) is 0 Å². The van der Waals surface area contributed by atoms with Gasteiger partial charge in [-0.05, 0) is 12.1 Å². The topological polar surface area (TPSA) is 54.4 Å². The molecule has 0 N–H and O–H groups in total. The van der Waals surface area contributed by atoms with Gasteiger partial charge < -0.3 is 14.5 Å². The van der Waals surface area contributed by atoms with Crippen molar-refractivity contribution in [3.8, 4) is 0 Å². The van der Waals surface area contributed by atoms with E-state index in [2.05, 4.69) is 14.8 Å². The molecule has 6 nitrogen and oxygen atoms in total. The number of anilines is 2. The summed E-state index contributed by atoms with van der Waals surface area (Å²) in [5.41, 5.74) is 1.83. The van der Waals surface area contributed by atoms with Crippen molar-refractivity contribution in [3.63, 3.8) is 0 Å². The van der Waals surface area contributed by atoms with Crippen LogP contribution in [-0.4, -0.2) is 48.3 Å². The highest BCUT2D eigenvalue weighted by Gasteiger charge is 2.21. The highest BCUT2D eigenvalue weighted by atomic mass is 32.1. The minimum atomic E-state index is 0.724. The fourth-order valence-corrected chi connectivity index (χ4v) is 3.50. The Balaban J connectivity index is 1.75. The van der Waals surface area contributed by atoms with E-state index >= 15 is 0 Å². The highest BCUT2D eigenvalue weighted by molar-refractivity contribution is 7.09. The average Bonchev–Trinajstić information content (AvgIpc) is 3.14. The number of ether oxygens (including phenoxy) is 1. The second-order valence-corrected chi connectivity index (χ2v) is 6.72. The van der Waals surface area contributed by atoms with E-state index in [4.69, 9.17) is 14.7 Å². The van der Waals surface area contributed by atoms with Crippen molar-refractivity contribution in [3.05, 3.63) is 40.8 Å². The molecule has 0 bridgehead atoms. The Kier molecular flexibility index (Phi) is 4.27. The van der Waals surface area contributed by atoms with Crippen LogP contribution in [0.5, 0.6) is 0 Å². The summed E-state index contributed by atoms with van der Waals surface area (Å²) in [5.74, 6) is 1.82. The molecule has 0 saturated carbocycles. The Morgan fingerprint density at radius 3 is 2.62 bits per heavy atom. The van der Waals surface area contributed by atoms with Crippen LogP contribution in [0.4, 0.5) is 11.6 Å². The first-order chi connectivity index (χ1) is 11.8. The predicted octanol–water partition coefficient (Wildman–Crippen LogP) is 2.56. The molecule has 1 fully saturated rings. The normalized spacial score (nSPS) is 15.0. The van der Waals surface area contributed by atoms with Crippen molar-refractivity contribution in [1.29, 1.82) is 0 Å². The highest BCUT2D eigenvalue weighted by Crippen LogP contribution is 2.29. The summed E-state index contributed by atoms with van der Waals surface area (Å²) < 4.78 is 5.48. The van der Waals surface area contributed by atoms with E-state index in [0.29, 0.717) is 0 Å². The van der Waals surface area contributed by atoms with Crippen molar-refractivity contribution in [2.75, 3.05) is 43.2 Å². The summed E-state index contributed by atoms with van der Waals surface area (Å²) in [4.78, 5) is 18.6. The zero-order valence-electron chi connectivity index (χ0n) is 13.6. The summed E-state index contributed by atoms with van der Waals surface area (Å²) >= 11 is 1.66. The number of para-hydroxylation sites is 2. The van der Waals surface area contributed by atoms with Crippen molar-refractivity contribution >= 4 is 34.0 Å². The van der Waals surface area contributed by atoms with E-state index in [0.717, 1.165) is 60.5 Å². The maximum absolute atomic E-state index is 5.48. The smallest absolute Gasteiger partial charge is 0.172 e. The summed E-state index contributed by atoms with van der Waals surface area (Å²) in [6, 6.07) is 8.01. The van der Waals surface area contributed by atoms with Crippen LogP contribution in [0.2, 0.25) is 0 Å². The van der Waals surface area contributed by atoms with E-state index in [1.54, 1.807) is 11.3 Å². The molecule has 0 unspecified atom stereocenters. The van der Waals surface area contributed by atoms with Gasteiger partial charge in [0.2, 0.25) is 0 Å². The third-order valence-corrected chi connectivity index (χ3v) is 4.83. The van der Waals surface area contributed by atoms with Gasteiger partial charge in [0.1, 0.15) is 5.01 Å². The molecule has 0 spiro atoms. The second kappa shape index (κ2) is 6.70. The van der Waals surface area contributed by atoms with Crippen molar-refractivity contribution in [1.82, 2.24) is 15.0 Å². The molecule has 4 rings (SSSR count). The molecule has 3 aromatic rings. The van der Waals surface area contributed by atoms with Crippen LogP contribution >= 0.6 is 11.3 Å². The molecule has 1 aromatic carbocycles. The molecule has 0 aliphatic carbocycles. The largest absolute Gasteiger partial charge is 0.378 e. The molecule has 7 heteroatoms. The number of aromatic nitrogens is 3. The number of fused-ring (bicyclic) bond motifs is 1. The molecule has 1 aliphatic heterocycles. The van der Waals surface area contributed by atoms with Gasteiger partial charge in [-0.25, -0.2) is 15.0 Å². The summed E-state index contributed by atoms with van der Waals surface area (Å²) in [6.45, 7) is 3.85. The molecule has 124 valence electrons. The van der Waals surface area contributed by atoms with Gasteiger partial charge in [0.25, 0.3) is 0 Å². The SMILES string of the molecule is CN(Cc1nccs1)c1nc2ccccc2nc1N1CCOCC1. The predicted molar refractivity (Wildman–Crippen MR) is 96.8 cm³/mol. The van der Waals surface area contributed by atoms with Gasteiger partial charge >= 0.3 is 0 Å². The molecule has 3 heterocycles. The minimum absolute atomic E-state index is 0.724. The maximum Gasteiger partial charge on any atom is 0.172 e. The summed E-state index contributed by atoms with van der Waals surface area (Å²) in [6.07, 6.45) is 1.84. The minimum Gasteiger partial charge on any atom is -0.378 e. The fourth-order valence-electron chi connectivity index (χ4n) is 2.83. The lowest BCUT2D eigenvalue weighted by molar-refractivity contribution is 0.122. The average molecular weight is 341 g/mol. The Morgan fingerprint density at radius 2 is 1.92 bits per heavy atom. The first-order valence-electron chi connectivity index (χ1n) is 8.00. The third kappa shape index (κ3) is 3.05. The number of benzene rings is 1. The van der Waals surface area contributed by atoms with Crippen molar-refractivity contribution in [2.24, 2.45) is 0 Å². The van der Waals surface area contributed by atoms with Crippen molar-refractivity contribution in [2.45, 2.75) is 6.54 Å². The summed E-state index contributed by atoms with van der Waals surface area (Å²) in [7, 11) is 2.05. The number of hydrogen-bond acceptors (Lipinski definition) is 7. The van der Waals surface area contributed by atoms with Crippen LogP contribution in [0.25, 0.3) is 11.0 Å². The number of rotatable bonds is 4. The molecular formula is C17H19N5OS. The van der Waals surface area contributed by atoms with E-state index in [1.807, 2.05) is 42.9 Å². The van der Waals surface area contributed by atoms with E-state index in [9.17, 15) is 0 Å². The van der Waals surface area contributed by atoms with Crippen LogP contribution in [0.1, 0.15) is 5.01 Å². The van der Waals surface area contributed by atoms with Crippen molar-refractivity contribution < 1.29 is 4.74 Å². The number of thiazole rings is 1. The molecule has 0 atom stereocenters. The molecule has 1 aliphatic rings. The zero-order chi connectivity index (χ0) is 16.4. The van der Waals surface area contributed by atoms with Gasteiger partial charge in [-0.15, -0.1) is 11.3 Å². The second-order valence-electron chi connectivity index (χ2n) is 5.74. The van der Waals surface area contributed by atoms with Gasteiger partial charge in [-0.2, -0.15) is 0 Å². The lowest BCUT2D eigenvalue weighted by atomic mass is 10.3. The van der Waals surface area contributed by atoms with Crippen LogP contribution in [0.3, 0.4) is 0 Å². The van der Waals surface area contributed by atoms with Gasteiger partial charge in [-0.3, -0.25) is 0 Å². The van der Waals surface area contributed by atoms with Crippen LogP contribution in [-0.2, 0) is 11.3 Å². The lowest BCUT2D eigenvalue weighted by Crippen LogP contribution is -2.38. The quantitative estimate of drug-likeness (QED) is 0.727. The monoisotopic (exact) mass is 341 g/mol. The standard InChI is InChI=1S/C17H19N5OS/c1-21(12-15-18-6-11-24-15)16-17(22-7-9-23-10-8-22)20-14-5-3-2-4-13(14)19-16/h2-6,11H,7-10,12H2,1H3. The van der Waals surface area contributed by atoms with E-state index in [1.165, 1.54) is 0 Å². The lowest BCUT2D eigenvalue weighted by Gasteiger charge is -2.31. The molecule has 0 radical (unpaired) electrons. The number of hydrogen-bond donors (Lipinski definition) is 0. The Morgan fingerprint density at radius 1 is 1.17 bits per heavy atom. The Hall–Kier alpha value is -2.25. The first kappa shape index (κ1) is 15.3. The molecule has 24 heavy (non-hydrogen) atoms.